The molecule has 1 saturated heterocycles. The van der Waals surface area contributed by atoms with E-state index in [-0.39, 0.29) is 11.8 Å². The highest BCUT2D eigenvalue weighted by molar-refractivity contribution is 6.02. The van der Waals surface area contributed by atoms with Gasteiger partial charge in [0.2, 0.25) is 11.8 Å². The molecule has 2 aromatic rings. The predicted molar refractivity (Wildman–Crippen MR) is 101 cm³/mol. The van der Waals surface area contributed by atoms with Crippen molar-refractivity contribution >= 4 is 29.3 Å². The standard InChI is InChI=1S/C21H20N2O3/c24-20(9-7-15-6-8-19-16(13-15)10-12-26-19)22-17-3-1-4-18(14-17)23-11-2-5-21(23)25/h1,3-4,6-9,13-14H,2,5,10-12H2,(H,22,24)/b9-7+. The zero-order valence-electron chi connectivity index (χ0n) is 14.4. The average Bonchev–Trinajstić information content (AvgIpc) is 3.28. The number of carbonyl (C=O) groups is 2. The minimum absolute atomic E-state index is 0.133. The highest BCUT2D eigenvalue weighted by atomic mass is 16.5. The summed E-state index contributed by atoms with van der Waals surface area (Å²) in [7, 11) is 0. The number of carbonyl (C=O) groups excluding carboxylic acids is 2. The molecule has 0 aromatic heterocycles. The summed E-state index contributed by atoms with van der Waals surface area (Å²) in [6.07, 6.45) is 5.69. The van der Waals surface area contributed by atoms with E-state index >= 15 is 0 Å². The van der Waals surface area contributed by atoms with Gasteiger partial charge in [-0.2, -0.15) is 0 Å². The van der Waals surface area contributed by atoms with E-state index in [1.807, 2.05) is 42.5 Å². The maximum absolute atomic E-state index is 12.2. The topological polar surface area (TPSA) is 58.6 Å². The number of hydrogen-bond acceptors (Lipinski definition) is 3. The number of ether oxygens (including phenoxy) is 1. The minimum atomic E-state index is -0.202. The number of nitrogens with zero attached hydrogens (tertiary/aromatic N) is 1. The number of amides is 2. The molecule has 2 heterocycles. The average molecular weight is 348 g/mol. The Morgan fingerprint density at radius 3 is 2.92 bits per heavy atom. The maximum Gasteiger partial charge on any atom is 0.248 e. The van der Waals surface area contributed by atoms with Crippen LogP contribution < -0.4 is 15.0 Å². The van der Waals surface area contributed by atoms with E-state index in [2.05, 4.69) is 5.32 Å². The van der Waals surface area contributed by atoms with Crippen molar-refractivity contribution < 1.29 is 14.3 Å². The molecule has 0 bridgehead atoms. The molecule has 132 valence electrons. The molecule has 5 nitrogen and oxygen atoms in total. The molecular formula is C21H20N2O3. The van der Waals surface area contributed by atoms with Crippen LogP contribution in [0.25, 0.3) is 6.08 Å². The molecule has 4 rings (SSSR count). The molecule has 2 amide bonds. The van der Waals surface area contributed by atoms with E-state index in [1.54, 1.807) is 11.0 Å². The second-order valence-corrected chi connectivity index (χ2v) is 6.49. The van der Waals surface area contributed by atoms with Crippen LogP contribution in [0.5, 0.6) is 5.75 Å². The summed E-state index contributed by atoms with van der Waals surface area (Å²) >= 11 is 0. The molecule has 2 aliphatic rings. The molecule has 1 N–H and O–H groups in total. The van der Waals surface area contributed by atoms with E-state index in [9.17, 15) is 9.59 Å². The van der Waals surface area contributed by atoms with Crippen LogP contribution in [0, 0.1) is 0 Å². The molecule has 0 aliphatic carbocycles. The first-order valence-electron chi connectivity index (χ1n) is 8.84. The fourth-order valence-electron chi connectivity index (χ4n) is 3.34. The summed E-state index contributed by atoms with van der Waals surface area (Å²) in [5.74, 6) is 0.862. The highest BCUT2D eigenvalue weighted by Gasteiger charge is 2.21. The third-order valence-electron chi connectivity index (χ3n) is 4.64. The monoisotopic (exact) mass is 348 g/mol. The molecule has 0 radical (unpaired) electrons. The van der Waals surface area contributed by atoms with E-state index < -0.39 is 0 Å². The van der Waals surface area contributed by atoms with Crippen molar-refractivity contribution in [3.05, 3.63) is 59.7 Å². The quantitative estimate of drug-likeness (QED) is 0.862. The Labute approximate surface area is 152 Å². The molecule has 2 aliphatic heterocycles. The fourth-order valence-corrected chi connectivity index (χ4v) is 3.34. The maximum atomic E-state index is 12.2. The molecule has 0 spiro atoms. The number of rotatable bonds is 4. The zero-order valence-corrected chi connectivity index (χ0v) is 14.4. The van der Waals surface area contributed by atoms with Crippen LogP contribution in [0.2, 0.25) is 0 Å². The molecule has 0 atom stereocenters. The lowest BCUT2D eigenvalue weighted by atomic mass is 10.1. The predicted octanol–water partition coefficient (Wildman–Crippen LogP) is 3.40. The number of anilines is 2. The number of benzene rings is 2. The van der Waals surface area contributed by atoms with Crippen molar-refractivity contribution in [3.8, 4) is 5.75 Å². The molecule has 0 saturated carbocycles. The Kier molecular flexibility index (Phi) is 4.44. The second kappa shape index (κ2) is 7.04. The van der Waals surface area contributed by atoms with Crippen molar-refractivity contribution in [3.63, 3.8) is 0 Å². The first-order chi connectivity index (χ1) is 12.7. The first-order valence-corrected chi connectivity index (χ1v) is 8.84. The van der Waals surface area contributed by atoms with Gasteiger partial charge in [0.1, 0.15) is 5.75 Å². The van der Waals surface area contributed by atoms with Crippen LogP contribution in [-0.4, -0.2) is 25.0 Å². The summed E-state index contributed by atoms with van der Waals surface area (Å²) in [6, 6.07) is 13.3. The lowest BCUT2D eigenvalue weighted by Gasteiger charge is -2.16. The Bertz CT molecular complexity index is 889. The fraction of sp³-hybridized carbons (Fsp3) is 0.238. The SMILES string of the molecule is O=C(/C=C/c1ccc2c(c1)CCO2)Nc1cccc(N2CCCC2=O)c1. The summed E-state index contributed by atoms with van der Waals surface area (Å²) in [5.41, 5.74) is 3.66. The van der Waals surface area contributed by atoms with E-state index in [1.165, 1.54) is 11.6 Å². The third kappa shape index (κ3) is 3.47. The summed E-state index contributed by atoms with van der Waals surface area (Å²) < 4.78 is 5.49. The molecule has 2 aromatic carbocycles. The van der Waals surface area contributed by atoms with Gasteiger partial charge in [0, 0.05) is 36.8 Å². The van der Waals surface area contributed by atoms with Gasteiger partial charge in [-0.15, -0.1) is 0 Å². The van der Waals surface area contributed by atoms with E-state index in [0.717, 1.165) is 43.0 Å². The normalized spacial score (nSPS) is 16.0. The van der Waals surface area contributed by atoms with Gasteiger partial charge in [0.25, 0.3) is 0 Å². The van der Waals surface area contributed by atoms with Crippen LogP contribution in [0.1, 0.15) is 24.0 Å². The minimum Gasteiger partial charge on any atom is -0.493 e. The molecular weight excluding hydrogens is 328 g/mol. The zero-order chi connectivity index (χ0) is 17.9. The summed E-state index contributed by atoms with van der Waals surface area (Å²) in [6.45, 7) is 1.46. The van der Waals surface area contributed by atoms with Gasteiger partial charge in [-0.1, -0.05) is 12.1 Å². The molecule has 26 heavy (non-hydrogen) atoms. The van der Waals surface area contributed by atoms with Gasteiger partial charge in [-0.05, 0) is 54.0 Å². The van der Waals surface area contributed by atoms with Gasteiger partial charge in [-0.25, -0.2) is 0 Å². The lowest BCUT2D eigenvalue weighted by molar-refractivity contribution is -0.117. The van der Waals surface area contributed by atoms with Crippen molar-refractivity contribution in [2.45, 2.75) is 19.3 Å². The number of fused-ring (bicyclic) bond motifs is 1. The van der Waals surface area contributed by atoms with Gasteiger partial charge in [0.15, 0.2) is 0 Å². The Morgan fingerprint density at radius 2 is 2.08 bits per heavy atom. The van der Waals surface area contributed by atoms with Gasteiger partial charge in [-0.3, -0.25) is 9.59 Å². The molecule has 0 unspecified atom stereocenters. The largest absolute Gasteiger partial charge is 0.493 e. The van der Waals surface area contributed by atoms with Gasteiger partial charge in [0.05, 0.1) is 6.61 Å². The van der Waals surface area contributed by atoms with Crippen LogP contribution >= 0.6 is 0 Å². The Balaban J connectivity index is 1.42. The summed E-state index contributed by atoms with van der Waals surface area (Å²) in [5, 5.41) is 2.85. The first kappa shape index (κ1) is 16.4. The van der Waals surface area contributed by atoms with Crippen LogP contribution in [0.15, 0.2) is 48.5 Å². The smallest absolute Gasteiger partial charge is 0.248 e. The third-order valence-corrected chi connectivity index (χ3v) is 4.64. The molecule has 1 fully saturated rings. The van der Waals surface area contributed by atoms with Crippen molar-refractivity contribution in [1.29, 1.82) is 0 Å². The highest BCUT2D eigenvalue weighted by Crippen LogP contribution is 2.26. The van der Waals surface area contributed by atoms with Crippen LogP contribution in [0.3, 0.4) is 0 Å². The van der Waals surface area contributed by atoms with Gasteiger partial charge < -0.3 is 15.0 Å². The molecule has 5 heteroatoms. The number of nitrogens with one attached hydrogen (secondary N) is 1. The van der Waals surface area contributed by atoms with Crippen molar-refractivity contribution in [2.75, 3.05) is 23.4 Å². The van der Waals surface area contributed by atoms with Gasteiger partial charge >= 0.3 is 0 Å². The number of hydrogen-bond donors (Lipinski definition) is 1. The van der Waals surface area contributed by atoms with Crippen LogP contribution in [0.4, 0.5) is 11.4 Å². The summed E-state index contributed by atoms with van der Waals surface area (Å²) in [4.78, 5) is 25.8. The Morgan fingerprint density at radius 1 is 1.15 bits per heavy atom. The second-order valence-electron chi connectivity index (χ2n) is 6.49. The van der Waals surface area contributed by atoms with Crippen molar-refractivity contribution in [1.82, 2.24) is 0 Å². The van der Waals surface area contributed by atoms with Crippen molar-refractivity contribution in [2.24, 2.45) is 0 Å². The van der Waals surface area contributed by atoms with E-state index in [0.29, 0.717) is 12.1 Å². The lowest BCUT2D eigenvalue weighted by Crippen LogP contribution is -2.23. The van der Waals surface area contributed by atoms with Crippen LogP contribution in [-0.2, 0) is 16.0 Å². The van der Waals surface area contributed by atoms with E-state index in [4.69, 9.17) is 4.74 Å². The Hall–Kier alpha value is -3.08.